The third-order valence-electron chi connectivity index (χ3n) is 1.25. The van der Waals surface area contributed by atoms with Gasteiger partial charge in [0.25, 0.3) is 0 Å². The van der Waals surface area contributed by atoms with Gasteiger partial charge in [-0.2, -0.15) is 0 Å². The first-order valence-electron chi connectivity index (χ1n) is 3.84. The number of hydrogen-bond acceptors (Lipinski definition) is 0. The molecule has 0 aliphatic rings. The molecular weight excluding hydrogens is 210 g/mol. The van der Waals surface area contributed by atoms with E-state index in [-0.39, 0.29) is 0 Å². The van der Waals surface area contributed by atoms with Crippen LogP contribution in [0.5, 0.6) is 0 Å². The van der Waals surface area contributed by atoms with Crippen LogP contribution < -0.4 is 0 Å². The van der Waals surface area contributed by atoms with Gasteiger partial charge < -0.3 is 17.3 Å². The fourth-order valence-electron chi connectivity index (χ4n) is 0.714. The van der Waals surface area contributed by atoms with Gasteiger partial charge in [0.15, 0.2) is 0 Å². The Balaban J connectivity index is 0.000000252. The van der Waals surface area contributed by atoms with Crippen LogP contribution in [0.2, 0.25) is 0 Å². The van der Waals surface area contributed by atoms with Crippen LogP contribution in [-0.4, -0.2) is 56.2 Å². The molecule has 6 heteroatoms. The first-order valence-corrected chi connectivity index (χ1v) is 6.05. The van der Waals surface area contributed by atoms with Crippen LogP contribution in [-0.2, 0) is 0.515 Å². The minimum absolute atomic E-state index is 0.967. The Hall–Kier alpha value is 0.641. The minimum atomic E-state index is -6.00. The molecule has 0 saturated carbocycles. The Morgan fingerprint density at radius 2 is 1.38 bits per heavy atom. The second kappa shape index (κ2) is 7.00. The Kier molecular flexibility index (Phi) is 7.35. The summed E-state index contributed by atoms with van der Waals surface area (Å²) in [6.07, 6.45) is 0. The van der Waals surface area contributed by atoms with Gasteiger partial charge >= 0.3 is 92.6 Å². The molecule has 0 amide bonds. The van der Waals surface area contributed by atoms with Crippen molar-refractivity contribution < 1.29 is 17.3 Å². The Labute approximate surface area is 108 Å². The van der Waals surface area contributed by atoms with Gasteiger partial charge in [-0.05, 0) is 0 Å². The molecule has 0 aliphatic carbocycles. The van der Waals surface area contributed by atoms with Gasteiger partial charge in [0.05, 0.1) is 0 Å². The van der Waals surface area contributed by atoms with Crippen molar-refractivity contribution in [2.75, 3.05) is 0 Å². The molecule has 68 valence electrons. The van der Waals surface area contributed by atoms with Gasteiger partial charge in [0, 0.05) is 0 Å². The second-order valence-electron chi connectivity index (χ2n) is 2.33. The molecule has 0 N–H and O–H groups in total. The Bertz CT molecular complexity index is 218. The van der Waals surface area contributed by atoms with Crippen molar-refractivity contribution in [2.45, 2.75) is 0.515 Å². The predicted molar refractivity (Wildman–Crippen MR) is 46.1 cm³/mol. The monoisotopic (exact) mass is 217 g/mol. The van der Waals surface area contributed by atoms with Crippen LogP contribution in [0.25, 0.3) is 0 Å². The van der Waals surface area contributed by atoms with E-state index in [1.807, 2.05) is 0 Å². The van der Waals surface area contributed by atoms with Crippen molar-refractivity contribution in [2.24, 2.45) is 0 Å². The Morgan fingerprint density at radius 1 is 1.00 bits per heavy atom. The van der Waals surface area contributed by atoms with E-state index in [4.69, 9.17) is 0 Å². The van der Waals surface area contributed by atoms with Crippen LogP contribution in [0.15, 0.2) is 30.3 Å². The summed E-state index contributed by atoms with van der Waals surface area (Å²) in [4.78, 5) is 0. The van der Waals surface area contributed by atoms with E-state index in [1.165, 1.54) is 6.08 Å². The van der Waals surface area contributed by atoms with E-state index >= 15 is 0 Å². The first-order chi connectivity index (χ1) is 5.93. The van der Waals surface area contributed by atoms with Gasteiger partial charge in [-0.15, -0.1) is 0 Å². The van der Waals surface area contributed by atoms with Crippen LogP contribution in [0, 0.1) is 0 Å². The third-order valence-corrected chi connectivity index (χ3v) is 2.53. The van der Waals surface area contributed by atoms with Gasteiger partial charge in [-0.25, -0.2) is 0 Å². The van der Waals surface area contributed by atoms with E-state index in [0.717, 1.165) is 49.0 Å². The van der Waals surface area contributed by atoms with Gasteiger partial charge in [0.2, 0.25) is 0 Å². The van der Waals surface area contributed by atoms with E-state index < -0.39 is 7.25 Å². The van der Waals surface area contributed by atoms with Gasteiger partial charge in [-0.1, -0.05) is 0 Å². The maximum absolute atomic E-state index is 9.75. The molecule has 0 unspecified atom stereocenters. The van der Waals surface area contributed by atoms with E-state index in [0.29, 0.717) is 0 Å². The zero-order valence-electron chi connectivity index (χ0n) is 7.18. The normalized spacial score (nSPS) is 10.3. The quantitative estimate of drug-likeness (QED) is 0.501. The summed E-state index contributed by atoms with van der Waals surface area (Å²) in [6.45, 7) is 0. The second-order valence-corrected chi connectivity index (χ2v) is 3.44. The summed E-state index contributed by atoms with van der Waals surface area (Å²) in [5.41, 5.74) is 1.49. The molecule has 0 aromatic heterocycles. The molecular formula is C7H7BF4K-. The van der Waals surface area contributed by atoms with Crippen LogP contribution >= 0.6 is 0 Å². The van der Waals surface area contributed by atoms with Crippen LogP contribution in [0.1, 0.15) is 5.56 Å². The third kappa shape index (κ3) is 12.6. The van der Waals surface area contributed by atoms with E-state index in [1.54, 1.807) is 0 Å². The van der Waals surface area contributed by atoms with E-state index in [2.05, 4.69) is 30.3 Å². The average Bonchev–Trinajstić information content (AvgIpc) is 2.03. The molecule has 0 atom stereocenters. The molecule has 0 bridgehead atoms. The van der Waals surface area contributed by atoms with Gasteiger partial charge in [0.1, 0.15) is 0 Å². The average molecular weight is 217 g/mol. The van der Waals surface area contributed by atoms with Crippen molar-refractivity contribution in [1.29, 1.82) is 0 Å². The zero-order valence-corrected chi connectivity index (χ0v) is 10.3. The standard InChI is InChI=1S/C7H7.BF4.K/c1-7-5-3-2-4-6-7;2-1(3,4)5;/h2-6H,1H2;;/q;-1;. The molecule has 0 saturated heterocycles. The fraction of sp³-hybridized carbons (Fsp3) is 0.143. The van der Waals surface area contributed by atoms with Gasteiger partial charge in [-0.3, -0.25) is 0 Å². The Morgan fingerprint density at radius 3 is 1.62 bits per heavy atom. The molecule has 0 heterocycles. The summed E-state index contributed by atoms with van der Waals surface area (Å²) in [5, 5.41) is 0. The van der Waals surface area contributed by atoms with Crippen molar-refractivity contribution in [3.8, 4) is 0 Å². The van der Waals surface area contributed by atoms with Crippen LogP contribution in [0.4, 0.5) is 17.3 Å². The fourth-order valence-corrected chi connectivity index (χ4v) is 1.45. The molecule has 0 spiro atoms. The predicted octanol–water partition coefficient (Wildman–Crippen LogP) is 2.66. The van der Waals surface area contributed by atoms with Crippen molar-refractivity contribution in [3.05, 3.63) is 35.9 Å². The summed E-state index contributed by atoms with van der Waals surface area (Å²) in [7, 11) is -6.00. The topological polar surface area (TPSA) is 0 Å². The number of halogens is 4. The molecule has 1 rings (SSSR count). The van der Waals surface area contributed by atoms with Crippen LogP contribution in [0.3, 0.4) is 0 Å². The van der Waals surface area contributed by atoms with Crippen molar-refractivity contribution >= 4 is 56.2 Å². The van der Waals surface area contributed by atoms with E-state index in [9.17, 15) is 17.3 Å². The summed E-state index contributed by atoms with van der Waals surface area (Å²) >= 11 is 0.967. The summed E-state index contributed by atoms with van der Waals surface area (Å²) in [6, 6.07) is 10.6. The molecule has 0 radical (unpaired) electrons. The molecule has 1 aromatic rings. The van der Waals surface area contributed by atoms with Crippen molar-refractivity contribution in [3.63, 3.8) is 0 Å². The SMILES string of the molecule is F[B-](F)(F)F.[K][CH2]c1ccccc1. The number of hydrogen-bond donors (Lipinski definition) is 0. The number of benzene rings is 1. The first kappa shape index (κ1) is 13.6. The maximum atomic E-state index is 9.75. The summed E-state index contributed by atoms with van der Waals surface area (Å²) in [5.74, 6) is 0. The number of rotatable bonds is 1. The molecule has 13 heavy (non-hydrogen) atoms. The molecule has 0 fully saturated rings. The molecule has 1 aromatic carbocycles. The molecule has 0 nitrogen and oxygen atoms in total. The molecule has 0 aliphatic heterocycles. The zero-order chi connectivity index (χ0) is 10.3. The van der Waals surface area contributed by atoms with Crippen molar-refractivity contribution in [1.82, 2.24) is 0 Å². The summed E-state index contributed by atoms with van der Waals surface area (Å²) < 4.78 is 40.3.